The van der Waals surface area contributed by atoms with Crippen molar-refractivity contribution in [3.63, 3.8) is 0 Å². The van der Waals surface area contributed by atoms with Crippen molar-refractivity contribution in [3.8, 4) is 5.95 Å². The van der Waals surface area contributed by atoms with Gasteiger partial charge in [-0.2, -0.15) is 23.3 Å². The molecular weight excluding hydrogens is 483 g/mol. The summed E-state index contributed by atoms with van der Waals surface area (Å²) in [5, 5.41) is 6.70. The fourth-order valence-electron chi connectivity index (χ4n) is 4.70. The van der Waals surface area contributed by atoms with Gasteiger partial charge in [-0.15, -0.1) is 0 Å². The molecule has 2 atom stereocenters. The minimum absolute atomic E-state index is 0.0389. The van der Waals surface area contributed by atoms with E-state index in [1.807, 2.05) is 0 Å². The normalized spacial score (nSPS) is 21.2. The number of ketones is 1. The van der Waals surface area contributed by atoms with Crippen LogP contribution in [0.4, 0.5) is 19.0 Å². The Morgan fingerprint density at radius 3 is 2.64 bits per heavy atom. The lowest BCUT2D eigenvalue weighted by molar-refractivity contribution is -0.147. The molecule has 0 saturated heterocycles. The number of alkyl halides is 3. The van der Waals surface area contributed by atoms with E-state index >= 15 is 0 Å². The number of nitrogens with one attached hydrogen (secondary N) is 1. The van der Waals surface area contributed by atoms with Crippen LogP contribution in [0.25, 0.3) is 5.95 Å². The molecule has 4 rings (SSSR count). The second-order valence-electron chi connectivity index (χ2n) is 9.73. The number of ether oxygens (including phenoxy) is 1. The molecule has 2 unspecified atom stereocenters. The number of halogens is 3. The number of Topliss-reactive ketones (excluding diaryl/α,β-unsaturated/α-hetero) is 1. The fraction of sp³-hybridized carbons (Fsp3) is 0.545. The Hall–Kier alpha value is -3.55. The highest BCUT2D eigenvalue weighted by molar-refractivity contribution is 6.00. The first kappa shape index (κ1) is 25.5. The van der Waals surface area contributed by atoms with Crippen molar-refractivity contribution in [1.82, 2.24) is 19.7 Å². The van der Waals surface area contributed by atoms with Gasteiger partial charge < -0.3 is 21.5 Å². The Morgan fingerprint density at radius 2 is 2.00 bits per heavy atom. The van der Waals surface area contributed by atoms with Gasteiger partial charge in [-0.05, 0) is 31.1 Å². The first-order valence-corrected chi connectivity index (χ1v) is 11.4. The number of fused-ring (bicyclic) bond motifs is 1. The van der Waals surface area contributed by atoms with E-state index in [-0.39, 0.29) is 42.4 Å². The van der Waals surface area contributed by atoms with Gasteiger partial charge in [0.15, 0.2) is 11.5 Å². The molecule has 36 heavy (non-hydrogen) atoms. The molecule has 0 bridgehead atoms. The van der Waals surface area contributed by atoms with Crippen LogP contribution >= 0.6 is 0 Å². The zero-order valence-electron chi connectivity index (χ0n) is 19.7. The van der Waals surface area contributed by atoms with Crippen LogP contribution in [0, 0.1) is 5.41 Å². The summed E-state index contributed by atoms with van der Waals surface area (Å²) in [5.41, 5.74) is 8.31. The Bertz CT molecular complexity index is 1220. The number of amides is 1. The number of anilines is 1. The summed E-state index contributed by atoms with van der Waals surface area (Å²) in [6, 6.07) is -0.445. The third kappa shape index (κ3) is 4.90. The number of rotatable bonds is 6. The number of carbonyl (C=O) groups excluding carboxylic acids is 3. The van der Waals surface area contributed by atoms with E-state index in [9.17, 15) is 27.6 Å². The van der Waals surface area contributed by atoms with Crippen LogP contribution in [0.3, 0.4) is 0 Å². The molecule has 0 aromatic carbocycles. The summed E-state index contributed by atoms with van der Waals surface area (Å²) in [6.45, 7) is 3.24. The van der Waals surface area contributed by atoms with E-state index in [1.54, 1.807) is 13.8 Å². The van der Waals surface area contributed by atoms with Crippen molar-refractivity contribution in [2.75, 3.05) is 11.9 Å². The molecule has 1 fully saturated rings. The summed E-state index contributed by atoms with van der Waals surface area (Å²) in [7, 11) is 0. The molecule has 2 aliphatic carbocycles. The number of hydrogen-bond acceptors (Lipinski definition) is 9. The number of esters is 1. The SMILES string of the molecule is CC1(C)CC(=O)c2c(C(F)(F)F)nn(-c3ncc(C(N)=O)c(NC4CCCC4OC(=O)CN)n3)c2C1. The highest BCUT2D eigenvalue weighted by Crippen LogP contribution is 2.41. The summed E-state index contributed by atoms with van der Waals surface area (Å²) in [6.07, 6.45) is -2.45. The highest BCUT2D eigenvalue weighted by Gasteiger charge is 2.46. The first-order chi connectivity index (χ1) is 16.8. The van der Waals surface area contributed by atoms with Crippen molar-refractivity contribution in [2.24, 2.45) is 16.9 Å². The van der Waals surface area contributed by atoms with Crippen LogP contribution in [0.15, 0.2) is 6.20 Å². The van der Waals surface area contributed by atoms with Crippen molar-refractivity contribution in [2.45, 2.75) is 64.3 Å². The van der Waals surface area contributed by atoms with Gasteiger partial charge in [0.1, 0.15) is 11.9 Å². The fourth-order valence-corrected chi connectivity index (χ4v) is 4.70. The number of hydrogen-bond donors (Lipinski definition) is 3. The van der Waals surface area contributed by atoms with Crippen LogP contribution in [-0.4, -0.2) is 56.1 Å². The van der Waals surface area contributed by atoms with Gasteiger partial charge >= 0.3 is 12.1 Å². The quantitative estimate of drug-likeness (QED) is 0.491. The van der Waals surface area contributed by atoms with E-state index in [0.29, 0.717) is 19.3 Å². The smallest absolute Gasteiger partial charge is 0.435 e. The number of nitrogens with two attached hydrogens (primary N) is 2. The first-order valence-electron chi connectivity index (χ1n) is 11.4. The highest BCUT2D eigenvalue weighted by atomic mass is 19.4. The Kier molecular flexibility index (Phi) is 6.49. The zero-order valence-corrected chi connectivity index (χ0v) is 19.7. The van der Waals surface area contributed by atoms with Gasteiger partial charge in [-0.1, -0.05) is 13.8 Å². The predicted molar refractivity (Wildman–Crippen MR) is 119 cm³/mol. The molecule has 1 saturated carbocycles. The average Bonchev–Trinajstić information content (AvgIpc) is 3.37. The van der Waals surface area contributed by atoms with E-state index in [0.717, 1.165) is 10.9 Å². The maximum atomic E-state index is 13.8. The van der Waals surface area contributed by atoms with Crippen LogP contribution in [0.2, 0.25) is 0 Å². The van der Waals surface area contributed by atoms with E-state index in [1.165, 1.54) is 0 Å². The molecule has 14 heteroatoms. The van der Waals surface area contributed by atoms with Crippen LogP contribution in [-0.2, 0) is 22.1 Å². The molecule has 0 radical (unpaired) electrons. The van der Waals surface area contributed by atoms with E-state index in [4.69, 9.17) is 16.2 Å². The largest absolute Gasteiger partial charge is 0.459 e. The standard InChI is InChI=1S/C22H26F3N7O4/c1-21(2)6-12-16(13(33)7-21)17(22(23,24)25)31-32(12)20-28-9-10(18(27)35)19(30-20)29-11-4-3-5-14(11)36-15(34)8-26/h9,11,14H,3-8,26H2,1-2H3,(H2,27,35)(H,28,29,30). The lowest BCUT2D eigenvalue weighted by Crippen LogP contribution is -2.35. The summed E-state index contributed by atoms with van der Waals surface area (Å²) in [4.78, 5) is 44.7. The third-order valence-electron chi connectivity index (χ3n) is 6.27. The molecule has 0 spiro atoms. The second-order valence-corrected chi connectivity index (χ2v) is 9.73. The van der Waals surface area contributed by atoms with Gasteiger partial charge in [0, 0.05) is 12.6 Å². The van der Waals surface area contributed by atoms with Crippen molar-refractivity contribution in [1.29, 1.82) is 0 Å². The van der Waals surface area contributed by atoms with Crippen molar-refractivity contribution < 1.29 is 32.3 Å². The Morgan fingerprint density at radius 1 is 1.28 bits per heavy atom. The van der Waals surface area contributed by atoms with Crippen molar-refractivity contribution >= 4 is 23.5 Å². The van der Waals surface area contributed by atoms with Gasteiger partial charge in [0.05, 0.1) is 29.4 Å². The Labute approximate surface area is 203 Å². The molecular formula is C22H26F3N7O4. The van der Waals surface area contributed by atoms with Crippen molar-refractivity contribution in [3.05, 3.63) is 28.7 Å². The second kappa shape index (κ2) is 9.15. The maximum Gasteiger partial charge on any atom is 0.435 e. The number of primary amides is 1. The zero-order chi connectivity index (χ0) is 26.4. The minimum atomic E-state index is -4.87. The molecule has 2 aromatic heterocycles. The molecule has 2 heterocycles. The molecule has 0 aliphatic heterocycles. The molecule has 1 amide bonds. The summed E-state index contributed by atoms with van der Waals surface area (Å²) < 4.78 is 47.6. The van der Waals surface area contributed by atoms with Gasteiger partial charge in [-0.25, -0.2) is 9.67 Å². The number of carbonyl (C=O) groups is 3. The number of aromatic nitrogens is 4. The lowest BCUT2D eigenvalue weighted by atomic mass is 9.75. The van der Waals surface area contributed by atoms with Crippen LogP contribution in [0.1, 0.15) is 71.6 Å². The van der Waals surface area contributed by atoms with Gasteiger partial charge in [0.25, 0.3) is 11.9 Å². The number of nitrogens with zero attached hydrogens (tertiary/aromatic N) is 4. The van der Waals surface area contributed by atoms with Crippen LogP contribution < -0.4 is 16.8 Å². The van der Waals surface area contributed by atoms with Gasteiger partial charge in [-0.3, -0.25) is 14.4 Å². The summed E-state index contributed by atoms with van der Waals surface area (Å²) in [5.74, 6) is -2.45. The summed E-state index contributed by atoms with van der Waals surface area (Å²) >= 11 is 0. The van der Waals surface area contributed by atoms with E-state index in [2.05, 4.69) is 20.4 Å². The maximum absolute atomic E-state index is 13.8. The topological polar surface area (TPSA) is 168 Å². The third-order valence-corrected chi connectivity index (χ3v) is 6.27. The molecule has 2 aromatic rings. The molecule has 194 valence electrons. The van der Waals surface area contributed by atoms with E-state index < -0.39 is 52.7 Å². The monoisotopic (exact) mass is 509 g/mol. The van der Waals surface area contributed by atoms with Crippen LogP contribution in [0.5, 0.6) is 0 Å². The molecule has 11 nitrogen and oxygen atoms in total. The minimum Gasteiger partial charge on any atom is -0.459 e. The Balaban J connectivity index is 1.78. The lowest BCUT2D eigenvalue weighted by Gasteiger charge is -2.29. The average molecular weight is 509 g/mol. The van der Waals surface area contributed by atoms with Gasteiger partial charge in [0.2, 0.25) is 0 Å². The molecule has 2 aliphatic rings. The predicted octanol–water partition coefficient (Wildman–Crippen LogP) is 1.77. The molecule has 5 N–H and O–H groups in total.